The van der Waals surface area contributed by atoms with Crippen LogP contribution in [0.5, 0.6) is 0 Å². The summed E-state index contributed by atoms with van der Waals surface area (Å²) in [5.41, 5.74) is 1.36. The van der Waals surface area contributed by atoms with Gasteiger partial charge < -0.3 is 15.7 Å². The SMILES string of the molecule is O=C(NCCCO)c1ccc(NC(=O)c2cc(Cl)cc(Cl)c2)cc1. The lowest BCUT2D eigenvalue weighted by Crippen LogP contribution is -2.25. The Morgan fingerprint density at radius 2 is 1.54 bits per heavy atom. The second-order valence-corrected chi connectivity index (χ2v) is 5.90. The van der Waals surface area contributed by atoms with Gasteiger partial charge in [-0.1, -0.05) is 23.2 Å². The molecule has 0 fully saturated rings. The summed E-state index contributed by atoms with van der Waals surface area (Å²) in [5.74, 6) is -0.581. The van der Waals surface area contributed by atoms with Crippen molar-refractivity contribution in [3.63, 3.8) is 0 Å². The van der Waals surface area contributed by atoms with Crippen molar-refractivity contribution in [2.45, 2.75) is 6.42 Å². The topological polar surface area (TPSA) is 78.4 Å². The van der Waals surface area contributed by atoms with Crippen molar-refractivity contribution in [2.24, 2.45) is 0 Å². The van der Waals surface area contributed by atoms with Crippen LogP contribution in [0.15, 0.2) is 42.5 Å². The number of hydrogen-bond acceptors (Lipinski definition) is 3. The van der Waals surface area contributed by atoms with Gasteiger partial charge >= 0.3 is 0 Å². The van der Waals surface area contributed by atoms with Gasteiger partial charge in [0.05, 0.1) is 0 Å². The summed E-state index contributed by atoms with van der Waals surface area (Å²) in [6, 6.07) is 11.1. The van der Waals surface area contributed by atoms with Crippen LogP contribution in [-0.2, 0) is 0 Å². The zero-order chi connectivity index (χ0) is 17.5. The maximum atomic E-state index is 12.2. The Morgan fingerprint density at radius 3 is 2.12 bits per heavy atom. The molecule has 0 radical (unpaired) electrons. The van der Waals surface area contributed by atoms with Crippen LogP contribution in [0.1, 0.15) is 27.1 Å². The van der Waals surface area contributed by atoms with Gasteiger partial charge in [0.15, 0.2) is 0 Å². The van der Waals surface area contributed by atoms with E-state index in [1.807, 2.05) is 0 Å². The number of carbonyl (C=O) groups is 2. The van der Waals surface area contributed by atoms with Crippen molar-refractivity contribution in [2.75, 3.05) is 18.5 Å². The number of hydrogen-bond donors (Lipinski definition) is 3. The molecule has 2 rings (SSSR count). The molecule has 0 unspecified atom stereocenters. The lowest BCUT2D eigenvalue weighted by Gasteiger charge is -2.08. The van der Waals surface area contributed by atoms with Crippen molar-refractivity contribution in [3.8, 4) is 0 Å². The molecule has 2 aromatic carbocycles. The molecule has 0 heterocycles. The Bertz CT molecular complexity index is 713. The number of amides is 2. The summed E-state index contributed by atoms with van der Waals surface area (Å²) in [6.07, 6.45) is 0.502. The van der Waals surface area contributed by atoms with Gasteiger partial charge in [-0.05, 0) is 48.9 Å². The molecule has 7 heteroatoms. The predicted octanol–water partition coefficient (Wildman–Crippen LogP) is 3.36. The second-order valence-electron chi connectivity index (χ2n) is 5.02. The zero-order valence-corrected chi connectivity index (χ0v) is 14.2. The van der Waals surface area contributed by atoms with E-state index in [1.165, 1.54) is 12.1 Å². The second kappa shape index (κ2) is 8.68. The maximum absolute atomic E-state index is 12.2. The summed E-state index contributed by atoms with van der Waals surface area (Å²) >= 11 is 11.8. The average molecular weight is 367 g/mol. The Kier molecular flexibility index (Phi) is 6.61. The molecule has 0 aliphatic heterocycles. The van der Waals surface area contributed by atoms with Crippen LogP contribution in [-0.4, -0.2) is 30.1 Å². The van der Waals surface area contributed by atoms with E-state index in [1.54, 1.807) is 30.3 Å². The molecule has 0 saturated carbocycles. The van der Waals surface area contributed by atoms with E-state index < -0.39 is 0 Å². The predicted molar refractivity (Wildman–Crippen MR) is 94.9 cm³/mol. The van der Waals surface area contributed by atoms with E-state index in [0.29, 0.717) is 39.8 Å². The van der Waals surface area contributed by atoms with Crippen LogP contribution >= 0.6 is 23.2 Å². The summed E-state index contributed by atoms with van der Waals surface area (Å²) in [5, 5.41) is 14.8. The van der Waals surface area contributed by atoms with Gasteiger partial charge in [-0.15, -0.1) is 0 Å². The number of carbonyl (C=O) groups excluding carboxylic acids is 2. The standard InChI is InChI=1S/C17H16Cl2N2O3/c18-13-8-12(9-14(19)10-13)17(24)21-15-4-2-11(3-5-15)16(23)20-6-1-7-22/h2-5,8-10,22H,1,6-7H2,(H,20,23)(H,21,24). The largest absolute Gasteiger partial charge is 0.396 e. The molecule has 0 bridgehead atoms. The number of rotatable bonds is 6. The maximum Gasteiger partial charge on any atom is 0.255 e. The fourth-order valence-electron chi connectivity index (χ4n) is 1.98. The van der Waals surface area contributed by atoms with E-state index in [9.17, 15) is 9.59 Å². The minimum absolute atomic E-state index is 0.0266. The van der Waals surface area contributed by atoms with E-state index >= 15 is 0 Å². The van der Waals surface area contributed by atoms with Gasteiger partial charge in [-0.25, -0.2) is 0 Å². The molecule has 0 aliphatic carbocycles. The normalized spacial score (nSPS) is 10.3. The summed E-state index contributed by atoms with van der Waals surface area (Å²) in [7, 11) is 0. The average Bonchev–Trinajstić information content (AvgIpc) is 2.54. The van der Waals surface area contributed by atoms with Crippen molar-refractivity contribution in [1.29, 1.82) is 0 Å². The lowest BCUT2D eigenvalue weighted by molar-refractivity contribution is 0.0950. The van der Waals surface area contributed by atoms with Crippen LogP contribution in [0.4, 0.5) is 5.69 Å². The number of halogens is 2. The molecule has 0 saturated heterocycles. The van der Waals surface area contributed by atoms with Crippen molar-refractivity contribution in [3.05, 3.63) is 63.6 Å². The Balaban J connectivity index is 2.00. The summed E-state index contributed by atoms with van der Waals surface area (Å²) in [6.45, 7) is 0.433. The fourth-order valence-corrected chi connectivity index (χ4v) is 2.50. The first-order valence-electron chi connectivity index (χ1n) is 7.26. The van der Waals surface area contributed by atoms with Crippen molar-refractivity contribution in [1.82, 2.24) is 5.32 Å². The minimum atomic E-state index is -0.348. The molecule has 2 amide bonds. The highest BCUT2D eigenvalue weighted by Gasteiger charge is 2.09. The summed E-state index contributed by atoms with van der Waals surface area (Å²) in [4.78, 5) is 24.0. The first-order chi connectivity index (χ1) is 11.5. The number of benzene rings is 2. The highest BCUT2D eigenvalue weighted by atomic mass is 35.5. The van der Waals surface area contributed by atoms with Crippen molar-refractivity contribution < 1.29 is 14.7 Å². The molecular formula is C17H16Cl2N2O3. The van der Waals surface area contributed by atoms with Crippen LogP contribution < -0.4 is 10.6 Å². The third kappa shape index (κ3) is 5.23. The molecule has 0 atom stereocenters. The van der Waals surface area contributed by atoms with E-state index in [2.05, 4.69) is 10.6 Å². The van der Waals surface area contributed by atoms with Crippen LogP contribution in [0, 0.1) is 0 Å². The smallest absolute Gasteiger partial charge is 0.255 e. The van der Waals surface area contributed by atoms with E-state index in [4.69, 9.17) is 28.3 Å². The number of anilines is 1. The first kappa shape index (κ1) is 18.3. The van der Waals surface area contributed by atoms with Crippen LogP contribution in [0.25, 0.3) is 0 Å². The van der Waals surface area contributed by atoms with Gasteiger partial charge in [0.1, 0.15) is 0 Å². The number of aliphatic hydroxyl groups excluding tert-OH is 1. The molecular weight excluding hydrogens is 351 g/mol. The molecule has 0 aliphatic rings. The Morgan fingerprint density at radius 1 is 0.917 bits per heavy atom. The molecule has 126 valence electrons. The van der Waals surface area contributed by atoms with E-state index in [0.717, 1.165) is 0 Å². The lowest BCUT2D eigenvalue weighted by atomic mass is 10.1. The molecule has 0 spiro atoms. The molecule has 3 N–H and O–H groups in total. The quantitative estimate of drug-likeness (QED) is 0.685. The van der Waals surface area contributed by atoms with Gasteiger partial charge in [-0.3, -0.25) is 9.59 Å². The molecule has 5 nitrogen and oxygen atoms in total. The third-order valence-corrected chi connectivity index (χ3v) is 3.59. The van der Waals surface area contributed by atoms with Crippen LogP contribution in [0.3, 0.4) is 0 Å². The first-order valence-corrected chi connectivity index (χ1v) is 8.02. The fraction of sp³-hybridized carbons (Fsp3) is 0.176. The highest BCUT2D eigenvalue weighted by molar-refractivity contribution is 6.35. The monoisotopic (exact) mass is 366 g/mol. The zero-order valence-electron chi connectivity index (χ0n) is 12.7. The highest BCUT2D eigenvalue weighted by Crippen LogP contribution is 2.20. The van der Waals surface area contributed by atoms with Crippen molar-refractivity contribution >= 4 is 40.7 Å². The van der Waals surface area contributed by atoms with Gasteiger partial charge in [0, 0.05) is 40.0 Å². The summed E-state index contributed by atoms with van der Waals surface area (Å²) < 4.78 is 0. The van der Waals surface area contributed by atoms with Gasteiger partial charge in [-0.2, -0.15) is 0 Å². The van der Waals surface area contributed by atoms with E-state index in [-0.39, 0.29) is 18.4 Å². The number of aliphatic hydroxyl groups is 1. The minimum Gasteiger partial charge on any atom is -0.396 e. The van der Waals surface area contributed by atoms with Gasteiger partial charge in [0.25, 0.3) is 11.8 Å². The third-order valence-electron chi connectivity index (χ3n) is 3.15. The molecule has 2 aromatic rings. The van der Waals surface area contributed by atoms with Crippen LogP contribution in [0.2, 0.25) is 10.0 Å². The van der Waals surface area contributed by atoms with Gasteiger partial charge in [0.2, 0.25) is 0 Å². The Labute approximate surface area is 149 Å². The molecule has 24 heavy (non-hydrogen) atoms. The Hall–Kier alpha value is -2.08. The molecule has 0 aromatic heterocycles. The number of nitrogens with one attached hydrogen (secondary N) is 2.